The summed E-state index contributed by atoms with van der Waals surface area (Å²) in [5.41, 5.74) is 2.55. The van der Waals surface area contributed by atoms with Crippen LogP contribution in [0, 0.1) is 11.3 Å². The van der Waals surface area contributed by atoms with E-state index in [1.54, 1.807) is 0 Å². The molecule has 4 N–H and O–H groups in total. The SMILES string of the molecule is NNC(=O)C1CC12CCNCC2. The largest absolute Gasteiger partial charge is 0.317 e. The molecule has 12 heavy (non-hydrogen) atoms. The number of hydrogen-bond donors (Lipinski definition) is 3. The third-order valence-electron chi connectivity index (χ3n) is 3.25. The van der Waals surface area contributed by atoms with Gasteiger partial charge in [-0.15, -0.1) is 0 Å². The summed E-state index contributed by atoms with van der Waals surface area (Å²) >= 11 is 0. The van der Waals surface area contributed by atoms with Crippen molar-refractivity contribution in [2.24, 2.45) is 17.2 Å². The number of amides is 1. The smallest absolute Gasteiger partial charge is 0.237 e. The van der Waals surface area contributed by atoms with Gasteiger partial charge in [-0.25, -0.2) is 5.84 Å². The fraction of sp³-hybridized carbons (Fsp3) is 0.875. The van der Waals surface area contributed by atoms with E-state index in [0.29, 0.717) is 5.41 Å². The summed E-state index contributed by atoms with van der Waals surface area (Å²) in [6, 6.07) is 0. The van der Waals surface area contributed by atoms with E-state index < -0.39 is 0 Å². The number of nitrogens with one attached hydrogen (secondary N) is 2. The van der Waals surface area contributed by atoms with Crippen LogP contribution in [0.15, 0.2) is 0 Å². The molecule has 1 atom stereocenters. The molecule has 4 nitrogen and oxygen atoms in total. The van der Waals surface area contributed by atoms with Crippen LogP contribution in [0.5, 0.6) is 0 Å². The lowest BCUT2D eigenvalue weighted by Gasteiger charge is -2.22. The number of carbonyl (C=O) groups is 1. The molecule has 1 amide bonds. The van der Waals surface area contributed by atoms with Gasteiger partial charge in [0, 0.05) is 5.92 Å². The van der Waals surface area contributed by atoms with Gasteiger partial charge < -0.3 is 5.32 Å². The first-order valence-corrected chi connectivity index (χ1v) is 4.50. The van der Waals surface area contributed by atoms with E-state index in [1.807, 2.05) is 0 Å². The van der Waals surface area contributed by atoms with E-state index in [2.05, 4.69) is 10.7 Å². The minimum absolute atomic E-state index is 0.0249. The second-order valence-corrected chi connectivity index (χ2v) is 3.88. The molecule has 1 heterocycles. The predicted octanol–water partition coefficient (Wildman–Crippen LogP) is -0.634. The standard InChI is InChI=1S/C8H15N3O/c9-11-7(12)6-5-8(6)1-3-10-4-2-8/h6,10H,1-5,9H2,(H,11,12). The molecular formula is C8H15N3O. The van der Waals surface area contributed by atoms with Crippen molar-refractivity contribution >= 4 is 5.91 Å². The second kappa shape index (κ2) is 2.71. The summed E-state index contributed by atoms with van der Waals surface area (Å²) in [6.07, 6.45) is 3.30. The molecule has 1 spiro atoms. The van der Waals surface area contributed by atoms with Crippen LogP contribution in [-0.4, -0.2) is 19.0 Å². The first-order valence-electron chi connectivity index (χ1n) is 4.50. The van der Waals surface area contributed by atoms with E-state index in [-0.39, 0.29) is 11.8 Å². The van der Waals surface area contributed by atoms with Crippen LogP contribution in [0.1, 0.15) is 19.3 Å². The molecule has 1 aliphatic carbocycles. The van der Waals surface area contributed by atoms with Gasteiger partial charge >= 0.3 is 0 Å². The highest BCUT2D eigenvalue weighted by atomic mass is 16.2. The maximum Gasteiger partial charge on any atom is 0.237 e. The van der Waals surface area contributed by atoms with Crippen molar-refractivity contribution in [3.63, 3.8) is 0 Å². The second-order valence-electron chi connectivity index (χ2n) is 3.88. The number of nitrogens with two attached hydrogens (primary N) is 1. The Morgan fingerprint density at radius 1 is 1.50 bits per heavy atom. The molecule has 1 saturated carbocycles. The Kier molecular flexibility index (Phi) is 1.81. The summed E-state index contributed by atoms with van der Waals surface area (Å²) in [7, 11) is 0. The zero-order chi connectivity index (χ0) is 8.60. The summed E-state index contributed by atoms with van der Waals surface area (Å²) in [4.78, 5) is 11.2. The Labute approximate surface area is 71.9 Å². The van der Waals surface area contributed by atoms with Crippen molar-refractivity contribution in [1.29, 1.82) is 0 Å². The molecule has 1 saturated heterocycles. The first kappa shape index (κ1) is 8.01. The molecule has 0 bridgehead atoms. The van der Waals surface area contributed by atoms with Crippen molar-refractivity contribution in [2.45, 2.75) is 19.3 Å². The minimum Gasteiger partial charge on any atom is -0.317 e. The van der Waals surface area contributed by atoms with Gasteiger partial charge in [-0.05, 0) is 37.8 Å². The fourth-order valence-electron chi connectivity index (χ4n) is 2.30. The molecule has 68 valence electrons. The molecule has 4 heteroatoms. The Balaban J connectivity index is 1.95. The predicted molar refractivity (Wildman–Crippen MR) is 45.0 cm³/mol. The average Bonchev–Trinajstić information content (AvgIpc) is 2.80. The zero-order valence-electron chi connectivity index (χ0n) is 7.10. The molecule has 0 aromatic carbocycles. The molecule has 1 unspecified atom stereocenters. The highest BCUT2D eigenvalue weighted by molar-refractivity contribution is 5.82. The lowest BCUT2D eigenvalue weighted by Crippen LogP contribution is -2.36. The molecule has 0 aromatic heterocycles. The minimum atomic E-state index is 0.0249. The highest BCUT2D eigenvalue weighted by Crippen LogP contribution is 2.58. The van der Waals surface area contributed by atoms with Gasteiger partial charge in [0.15, 0.2) is 0 Å². The van der Waals surface area contributed by atoms with Crippen molar-refractivity contribution in [3.05, 3.63) is 0 Å². The highest BCUT2D eigenvalue weighted by Gasteiger charge is 2.57. The molecular weight excluding hydrogens is 154 g/mol. The van der Waals surface area contributed by atoms with Crippen LogP contribution in [-0.2, 0) is 4.79 Å². The number of hydrazine groups is 1. The van der Waals surface area contributed by atoms with Gasteiger partial charge in [0.1, 0.15) is 0 Å². The summed E-state index contributed by atoms with van der Waals surface area (Å²) in [5.74, 6) is 5.31. The van der Waals surface area contributed by atoms with Crippen molar-refractivity contribution in [2.75, 3.05) is 13.1 Å². The number of piperidine rings is 1. The normalized spacial score (nSPS) is 31.6. The summed E-state index contributed by atoms with van der Waals surface area (Å²) in [5, 5.41) is 3.29. The Bertz CT molecular complexity index is 198. The zero-order valence-corrected chi connectivity index (χ0v) is 7.10. The lowest BCUT2D eigenvalue weighted by molar-refractivity contribution is -0.123. The van der Waals surface area contributed by atoms with Crippen LogP contribution < -0.4 is 16.6 Å². The van der Waals surface area contributed by atoms with Gasteiger partial charge in [-0.2, -0.15) is 0 Å². The van der Waals surface area contributed by atoms with E-state index in [9.17, 15) is 4.79 Å². The maximum absolute atomic E-state index is 11.2. The number of hydrogen-bond acceptors (Lipinski definition) is 3. The molecule has 2 rings (SSSR count). The average molecular weight is 169 g/mol. The van der Waals surface area contributed by atoms with Crippen molar-refractivity contribution < 1.29 is 4.79 Å². The van der Waals surface area contributed by atoms with Gasteiger partial charge in [-0.1, -0.05) is 0 Å². The molecule has 2 aliphatic rings. The third-order valence-corrected chi connectivity index (χ3v) is 3.25. The van der Waals surface area contributed by atoms with Crippen molar-refractivity contribution in [1.82, 2.24) is 10.7 Å². The van der Waals surface area contributed by atoms with Gasteiger partial charge in [0.05, 0.1) is 0 Å². The Hall–Kier alpha value is -0.610. The van der Waals surface area contributed by atoms with E-state index in [1.165, 1.54) is 0 Å². The van der Waals surface area contributed by atoms with E-state index >= 15 is 0 Å². The van der Waals surface area contributed by atoms with Crippen LogP contribution in [0.2, 0.25) is 0 Å². The van der Waals surface area contributed by atoms with Gasteiger partial charge in [0.25, 0.3) is 0 Å². The quantitative estimate of drug-likeness (QED) is 0.278. The maximum atomic E-state index is 11.2. The Morgan fingerprint density at radius 2 is 2.17 bits per heavy atom. The van der Waals surface area contributed by atoms with Crippen LogP contribution in [0.4, 0.5) is 0 Å². The van der Waals surface area contributed by atoms with E-state index in [4.69, 9.17) is 5.84 Å². The lowest BCUT2D eigenvalue weighted by atomic mass is 9.92. The fourth-order valence-corrected chi connectivity index (χ4v) is 2.30. The third kappa shape index (κ3) is 1.11. The summed E-state index contributed by atoms with van der Waals surface area (Å²) in [6.45, 7) is 2.10. The number of rotatable bonds is 1. The monoisotopic (exact) mass is 169 g/mol. The van der Waals surface area contributed by atoms with Gasteiger partial charge in [-0.3, -0.25) is 10.2 Å². The van der Waals surface area contributed by atoms with Crippen molar-refractivity contribution in [3.8, 4) is 0 Å². The first-order chi connectivity index (χ1) is 5.78. The van der Waals surface area contributed by atoms with Crippen LogP contribution >= 0.6 is 0 Å². The number of carbonyl (C=O) groups excluding carboxylic acids is 1. The topological polar surface area (TPSA) is 67.1 Å². The summed E-state index contributed by atoms with van der Waals surface area (Å²) < 4.78 is 0. The molecule has 0 aromatic rings. The molecule has 1 aliphatic heterocycles. The van der Waals surface area contributed by atoms with Crippen LogP contribution in [0.25, 0.3) is 0 Å². The van der Waals surface area contributed by atoms with Crippen LogP contribution in [0.3, 0.4) is 0 Å². The van der Waals surface area contributed by atoms with E-state index in [0.717, 1.165) is 32.4 Å². The van der Waals surface area contributed by atoms with Gasteiger partial charge in [0.2, 0.25) is 5.91 Å². The Morgan fingerprint density at radius 3 is 2.75 bits per heavy atom. The molecule has 2 fully saturated rings. The molecule has 0 radical (unpaired) electrons.